The van der Waals surface area contributed by atoms with E-state index >= 15 is 0 Å². The molecule has 2 heterocycles. The summed E-state index contributed by atoms with van der Waals surface area (Å²) in [5, 5.41) is 12.4. The van der Waals surface area contributed by atoms with Crippen molar-refractivity contribution in [3.05, 3.63) is 47.9 Å². The number of hydrogen-bond acceptors (Lipinski definition) is 5. The highest BCUT2D eigenvalue weighted by molar-refractivity contribution is 7.99. The van der Waals surface area contributed by atoms with Crippen molar-refractivity contribution in [2.24, 2.45) is 0 Å². The van der Waals surface area contributed by atoms with E-state index in [2.05, 4.69) is 27.0 Å². The van der Waals surface area contributed by atoms with Gasteiger partial charge in [0.15, 0.2) is 11.0 Å². The Morgan fingerprint density at radius 3 is 2.74 bits per heavy atom. The largest absolute Gasteiger partial charge is 0.469 e. The van der Waals surface area contributed by atoms with Gasteiger partial charge in [-0.3, -0.25) is 4.79 Å². The van der Waals surface area contributed by atoms with Crippen LogP contribution in [0.4, 0.5) is 5.69 Å². The summed E-state index contributed by atoms with van der Waals surface area (Å²) in [6.07, 6.45) is 3.75. The van der Waals surface area contributed by atoms with Crippen LogP contribution in [0.3, 0.4) is 0 Å². The summed E-state index contributed by atoms with van der Waals surface area (Å²) in [5.41, 5.74) is 2.82. The highest BCUT2D eigenvalue weighted by Crippen LogP contribution is 2.27. The fourth-order valence-electron chi connectivity index (χ4n) is 2.76. The number of thioether (sulfide) groups is 1. The van der Waals surface area contributed by atoms with Crippen molar-refractivity contribution in [2.75, 3.05) is 11.1 Å². The number of unbranched alkanes of at least 4 members (excludes halogenated alkanes) is 1. The van der Waals surface area contributed by atoms with Crippen LogP contribution in [-0.4, -0.2) is 26.4 Å². The van der Waals surface area contributed by atoms with Crippen molar-refractivity contribution in [1.82, 2.24) is 14.8 Å². The van der Waals surface area contributed by atoms with Crippen LogP contribution < -0.4 is 5.32 Å². The van der Waals surface area contributed by atoms with Gasteiger partial charge in [0.05, 0.1) is 17.6 Å². The Balaban J connectivity index is 1.72. The van der Waals surface area contributed by atoms with Crippen molar-refractivity contribution in [3.63, 3.8) is 0 Å². The van der Waals surface area contributed by atoms with Crippen molar-refractivity contribution >= 4 is 23.4 Å². The quantitative estimate of drug-likeness (QED) is 0.571. The van der Waals surface area contributed by atoms with Crippen LogP contribution in [-0.2, 0) is 11.3 Å². The number of carbonyl (C=O) groups excluding carboxylic acids is 1. The summed E-state index contributed by atoms with van der Waals surface area (Å²) in [4.78, 5) is 12.3. The topological polar surface area (TPSA) is 73.0 Å². The molecule has 0 saturated carbocycles. The summed E-state index contributed by atoms with van der Waals surface area (Å²) in [6, 6.07) is 9.65. The highest BCUT2D eigenvalue weighted by atomic mass is 32.2. The van der Waals surface area contributed by atoms with E-state index in [1.54, 1.807) is 6.26 Å². The first-order chi connectivity index (χ1) is 13.1. The number of para-hydroxylation sites is 1. The van der Waals surface area contributed by atoms with Crippen LogP contribution in [0.2, 0.25) is 0 Å². The van der Waals surface area contributed by atoms with E-state index in [0.29, 0.717) is 0 Å². The predicted molar refractivity (Wildman–Crippen MR) is 108 cm³/mol. The molecule has 142 valence electrons. The van der Waals surface area contributed by atoms with Gasteiger partial charge in [-0.25, -0.2) is 0 Å². The number of hydrogen-bond donors (Lipinski definition) is 1. The molecule has 0 aliphatic heterocycles. The average Bonchev–Trinajstić information content (AvgIpc) is 3.25. The zero-order valence-corrected chi connectivity index (χ0v) is 16.7. The third kappa shape index (κ3) is 4.60. The molecule has 1 N–H and O–H groups in total. The molecule has 2 aromatic heterocycles. The summed E-state index contributed by atoms with van der Waals surface area (Å²) >= 11 is 1.40. The SMILES string of the molecule is CCCCn1c(SCC(=O)Nc2ccccc2C)nnc1-c1ccoc1C. The lowest BCUT2D eigenvalue weighted by molar-refractivity contribution is -0.113. The summed E-state index contributed by atoms with van der Waals surface area (Å²) in [7, 11) is 0. The molecule has 3 rings (SSSR count). The van der Waals surface area contributed by atoms with Gasteiger partial charge in [0.2, 0.25) is 5.91 Å². The Bertz CT molecular complexity index is 916. The molecule has 3 aromatic rings. The molecule has 0 atom stereocenters. The van der Waals surface area contributed by atoms with Crippen LogP contribution in [0.1, 0.15) is 31.1 Å². The third-order valence-corrected chi connectivity index (χ3v) is 5.27. The number of nitrogens with zero attached hydrogens (tertiary/aromatic N) is 3. The van der Waals surface area contributed by atoms with Gasteiger partial charge in [-0.1, -0.05) is 43.3 Å². The average molecular weight is 385 g/mol. The number of nitrogens with one attached hydrogen (secondary N) is 1. The first-order valence-corrected chi connectivity index (χ1v) is 10.0. The number of amides is 1. The molecule has 27 heavy (non-hydrogen) atoms. The number of aryl methyl sites for hydroxylation is 2. The molecule has 0 bridgehead atoms. The van der Waals surface area contributed by atoms with Crippen molar-refractivity contribution in [2.45, 2.75) is 45.3 Å². The molecule has 0 aliphatic rings. The van der Waals surface area contributed by atoms with Crippen LogP contribution >= 0.6 is 11.8 Å². The van der Waals surface area contributed by atoms with Gasteiger partial charge in [-0.15, -0.1) is 10.2 Å². The lowest BCUT2D eigenvalue weighted by atomic mass is 10.2. The maximum Gasteiger partial charge on any atom is 0.234 e. The fourth-order valence-corrected chi connectivity index (χ4v) is 3.52. The summed E-state index contributed by atoms with van der Waals surface area (Å²) < 4.78 is 7.49. The molecular weight excluding hydrogens is 360 g/mol. The number of anilines is 1. The molecule has 1 aromatic carbocycles. The standard InChI is InChI=1S/C20H24N4O2S/c1-4-5-11-24-19(16-10-12-26-15(16)3)22-23-20(24)27-13-18(25)21-17-9-7-6-8-14(17)2/h6-10,12H,4-5,11,13H2,1-3H3,(H,21,25). The second-order valence-electron chi connectivity index (χ2n) is 6.35. The van der Waals surface area contributed by atoms with Gasteiger partial charge in [0, 0.05) is 12.2 Å². The Morgan fingerprint density at radius 2 is 2.04 bits per heavy atom. The first kappa shape index (κ1) is 19.2. The van der Waals surface area contributed by atoms with Crippen LogP contribution in [0.25, 0.3) is 11.4 Å². The van der Waals surface area contributed by atoms with Crippen molar-refractivity contribution in [1.29, 1.82) is 0 Å². The number of carbonyl (C=O) groups is 1. The molecule has 6 nitrogen and oxygen atoms in total. The summed E-state index contributed by atoms with van der Waals surface area (Å²) in [5.74, 6) is 1.83. The minimum atomic E-state index is -0.0552. The molecule has 0 fully saturated rings. The van der Waals surface area contributed by atoms with Gasteiger partial charge in [-0.05, 0) is 38.0 Å². The third-order valence-electron chi connectivity index (χ3n) is 4.30. The first-order valence-electron chi connectivity index (χ1n) is 9.06. The van der Waals surface area contributed by atoms with E-state index in [1.165, 1.54) is 11.8 Å². The van der Waals surface area contributed by atoms with Crippen LogP contribution in [0, 0.1) is 13.8 Å². The molecular formula is C20H24N4O2S. The molecule has 7 heteroatoms. The zero-order valence-electron chi connectivity index (χ0n) is 15.9. The summed E-state index contributed by atoms with van der Waals surface area (Å²) in [6.45, 7) is 6.85. The number of benzene rings is 1. The maximum atomic E-state index is 12.3. The van der Waals surface area contributed by atoms with Gasteiger partial charge >= 0.3 is 0 Å². The Kier molecular flexibility index (Phi) is 6.34. The van der Waals surface area contributed by atoms with Gasteiger partial charge in [0.1, 0.15) is 5.76 Å². The number of rotatable bonds is 8. The number of aromatic nitrogens is 3. The van der Waals surface area contributed by atoms with E-state index in [1.807, 2.05) is 44.2 Å². The Morgan fingerprint density at radius 1 is 1.22 bits per heavy atom. The minimum Gasteiger partial charge on any atom is -0.469 e. The molecule has 0 aliphatic carbocycles. The van der Waals surface area contributed by atoms with E-state index in [9.17, 15) is 4.79 Å². The highest BCUT2D eigenvalue weighted by Gasteiger charge is 2.18. The van der Waals surface area contributed by atoms with Gasteiger partial charge < -0.3 is 14.3 Å². The smallest absolute Gasteiger partial charge is 0.234 e. The normalized spacial score (nSPS) is 10.9. The molecule has 0 unspecified atom stereocenters. The predicted octanol–water partition coefficient (Wildman–Crippen LogP) is 4.69. The fraction of sp³-hybridized carbons (Fsp3) is 0.350. The van der Waals surface area contributed by atoms with E-state index in [4.69, 9.17) is 4.42 Å². The number of furan rings is 1. The van der Waals surface area contributed by atoms with Crippen molar-refractivity contribution in [3.8, 4) is 11.4 Å². The molecule has 1 amide bonds. The second kappa shape index (κ2) is 8.90. The van der Waals surface area contributed by atoms with Crippen LogP contribution in [0.5, 0.6) is 0 Å². The molecule has 0 spiro atoms. The minimum absolute atomic E-state index is 0.0552. The van der Waals surface area contributed by atoms with E-state index in [-0.39, 0.29) is 11.7 Å². The van der Waals surface area contributed by atoms with Gasteiger partial charge in [-0.2, -0.15) is 0 Å². The van der Waals surface area contributed by atoms with Gasteiger partial charge in [0.25, 0.3) is 0 Å². The maximum absolute atomic E-state index is 12.3. The Labute approximate surface area is 163 Å². The molecule has 0 radical (unpaired) electrons. The van der Waals surface area contributed by atoms with Crippen molar-refractivity contribution < 1.29 is 9.21 Å². The van der Waals surface area contributed by atoms with E-state index in [0.717, 1.165) is 52.9 Å². The van der Waals surface area contributed by atoms with E-state index < -0.39 is 0 Å². The Hall–Kier alpha value is -2.54. The van der Waals surface area contributed by atoms with Crippen LogP contribution in [0.15, 0.2) is 46.2 Å². The second-order valence-corrected chi connectivity index (χ2v) is 7.30. The monoisotopic (exact) mass is 384 g/mol. The lowest BCUT2D eigenvalue weighted by Crippen LogP contribution is -2.15. The zero-order chi connectivity index (χ0) is 19.2. The molecule has 0 saturated heterocycles. The lowest BCUT2D eigenvalue weighted by Gasteiger charge is -2.10.